The van der Waals surface area contributed by atoms with E-state index in [1.165, 1.54) is 0 Å². The Kier molecular flexibility index (Phi) is 6.35. The smallest absolute Gasteiger partial charge is 0.319 e. The summed E-state index contributed by atoms with van der Waals surface area (Å²) in [7, 11) is 1.59. The van der Waals surface area contributed by atoms with Crippen LogP contribution >= 0.6 is 8.02 Å². The van der Waals surface area contributed by atoms with E-state index in [9.17, 15) is 9.59 Å². The molecule has 0 spiro atoms. The summed E-state index contributed by atoms with van der Waals surface area (Å²) < 4.78 is 9.16. The van der Waals surface area contributed by atoms with Gasteiger partial charge >= 0.3 is 11.9 Å². The van der Waals surface area contributed by atoms with Gasteiger partial charge < -0.3 is 29.8 Å². The molecule has 0 aliphatic heterocycles. The average molecular weight is 468 g/mol. The molecule has 0 aromatic rings. The topological polar surface area (TPSA) is 110 Å². The second-order valence-electron chi connectivity index (χ2n) is 1.91. The van der Waals surface area contributed by atoms with Gasteiger partial charge in [0.1, 0.15) is 0 Å². The molecule has 82 valence electrons. The van der Waals surface area contributed by atoms with Gasteiger partial charge in [-0.1, -0.05) is 0 Å². The van der Waals surface area contributed by atoms with E-state index >= 15 is 0 Å². The van der Waals surface area contributed by atoms with Crippen molar-refractivity contribution in [1.29, 1.82) is 4.78 Å². The molecule has 0 radical (unpaired) electrons. The van der Waals surface area contributed by atoms with Crippen LogP contribution in [0.3, 0.4) is 0 Å². The number of aliphatic carboxylic acids is 2. The van der Waals surface area contributed by atoms with E-state index in [4.69, 9.17) is 15.0 Å². The van der Waals surface area contributed by atoms with Crippen molar-refractivity contribution in [2.45, 2.75) is 12.5 Å². The van der Waals surface area contributed by atoms with Gasteiger partial charge in [-0.3, -0.25) is 9.59 Å². The Morgan fingerprint density at radius 2 is 2.00 bits per heavy atom. The second kappa shape index (κ2) is 5.93. The number of hydrogen-bond acceptors (Lipinski definition) is 4. The summed E-state index contributed by atoms with van der Waals surface area (Å²) in [5, 5.41) is 16.7. The van der Waals surface area contributed by atoms with Gasteiger partial charge in [-0.2, -0.15) is 0 Å². The van der Waals surface area contributed by atoms with Crippen LogP contribution in [-0.4, -0.2) is 28.2 Å². The first kappa shape index (κ1) is 13.9. The molecule has 0 aromatic carbocycles. The van der Waals surface area contributed by atoms with Crippen molar-refractivity contribution in [1.82, 2.24) is 4.72 Å². The molecule has 1 atom stereocenters. The van der Waals surface area contributed by atoms with Crippen LogP contribution in [0.5, 0.6) is 0 Å². The number of hydrogen-bond donors (Lipinski definition) is 4. The van der Waals surface area contributed by atoms with Gasteiger partial charge in [0.25, 0.3) is 0 Å². The van der Waals surface area contributed by atoms with E-state index in [0.29, 0.717) is 0 Å². The van der Waals surface area contributed by atoms with Crippen molar-refractivity contribution < 1.29 is 19.8 Å². The van der Waals surface area contributed by atoms with Gasteiger partial charge in [-0.25, -0.2) is 8.02 Å². The van der Waals surface area contributed by atoms with E-state index in [2.05, 4.69) is 12.7 Å². The summed E-state index contributed by atoms with van der Waals surface area (Å²) in [6, 6.07) is -1.22. The monoisotopic (exact) mass is 468 g/mol. The van der Waals surface area contributed by atoms with Gasteiger partial charge in [-0.05, 0) is 0 Å². The van der Waals surface area contributed by atoms with Crippen LogP contribution in [0.1, 0.15) is 6.42 Å². The maximum Gasteiger partial charge on any atom is 0.319 e. The number of carboxylic acids is 2. The molecule has 0 saturated carbocycles. The van der Waals surface area contributed by atoms with Crippen LogP contribution in [0.2, 0.25) is 0 Å². The molecular weight excluding hydrogens is 460 g/mol. The van der Waals surface area contributed by atoms with Gasteiger partial charge in [-0.15, -0.1) is 0 Å². The molecule has 0 bridgehead atoms. The predicted octanol–water partition coefficient (Wildman–Crippen LogP) is -0.143. The SMILES string of the molecule is N=[S-](=P)NC(CC(=O)O)C(=O)O.[Fm]. The zero-order chi connectivity index (χ0) is 9.72. The minimum absolute atomic E-state index is 0. The Morgan fingerprint density at radius 3 is 2.23 bits per heavy atom. The number of carbonyl (C=O) groups is 2. The molecule has 4 N–H and O–H groups in total. The first-order chi connectivity index (χ1) is 5.43. The normalized spacial score (nSPS) is 11.8. The largest absolute Gasteiger partial charge is 0.481 e. The van der Waals surface area contributed by atoms with Crippen molar-refractivity contribution in [3.63, 3.8) is 0 Å². The molecule has 0 aliphatic rings. The van der Waals surface area contributed by atoms with Crippen LogP contribution in [0.15, 0.2) is 0 Å². The van der Waals surface area contributed by atoms with Crippen LogP contribution in [-0.2, 0) is 19.6 Å². The summed E-state index contributed by atoms with van der Waals surface area (Å²) in [5.41, 5.74) is 0. The molecular formula is C4H8FmN2O4PS-. The Labute approximate surface area is 72.5 Å². The van der Waals surface area contributed by atoms with Crippen molar-refractivity contribution >= 4 is 30.0 Å². The van der Waals surface area contributed by atoms with E-state index in [-0.39, 0.29) is 0 Å². The molecule has 0 rings (SSSR count). The van der Waals surface area contributed by atoms with Crippen molar-refractivity contribution in [2.24, 2.45) is 0 Å². The standard InChI is InChI=1S/C4H8N2O4PS.Fm/c5-12(11)6-2(4(9)10)1-3(7)8;/h2,11H,1H2,(H2,5,6)(H,7,8)(H,9,10);/q-1;. The fourth-order valence-electron chi connectivity index (χ4n) is 0.496. The Bertz CT molecular complexity index is 261. The van der Waals surface area contributed by atoms with Crippen molar-refractivity contribution in [2.75, 3.05) is 0 Å². The van der Waals surface area contributed by atoms with E-state index in [1.54, 1.807) is 0 Å². The predicted molar refractivity (Wildman–Crippen MR) is 45.2 cm³/mol. The fourth-order valence-corrected chi connectivity index (χ4v) is 1.39. The zero-order valence-corrected chi connectivity index (χ0v) is 10.4. The molecule has 13 heavy (non-hydrogen) atoms. The molecule has 0 saturated heterocycles. The summed E-state index contributed by atoms with van der Waals surface area (Å²) in [5.74, 6) is -2.49. The van der Waals surface area contributed by atoms with Gasteiger partial charge in [0.2, 0.25) is 0 Å². The van der Waals surface area contributed by atoms with Crippen LogP contribution < -0.4 is 4.72 Å². The molecule has 0 heterocycles. The second-order valence-corrected chi connectivity index (χ2v) is 3.99. The minimum Gasteiger partial charge on any atom is -0.481 e. The summed E-state index contributed by atoms with van der Waals surface area (Å²) in [6.07, 6.45) is -0.539. The average Bonchev–Trinajstić information content (AvgIpc) is 1.83. The number of rotatable bonds is 5. The first-order valence-corrected chi connectivity index (χ1v) is 5.26. The van der Waals surface area contributed by atoms with Gasteiger partial charge in [0.05, 0.1) is 12.5 Å². The van der Waals surface area contributed by atoms with Gasteiger partial charge in [0.15, 0.2) is 0 Å². The quantitative estimate of drug-likeness (QED) is 0.332. The fraction of sp³-hybridized carbons (Fsp3) is 0.500. The molecule has 6 nitrogen and oxygen atoms in total. The van der Waals surface area contributed by atoms with Crippen LogP contribution in [0, 0.1) is 4.78 Å². The Morgan fingerprint density at radius 1 is 1.54 bits per heavy atom. The number of carboxylic acid groups (broad SMARTS) is 2. The van der Waals surface area contributed by atoms with E-state index < -0.39 is 34.5 Å². The Balaban J connectivity index is 0. The molecule has 0 amide bonds. The van der Waals surface area contributed by atoms with Crippen LogP contribution in [0.25, 0.3) is 0 Å². The summed E-state index contributed by atoms with van der Waals surface area (Å²) in [4.78, 5) is 20.5. The molecule has 9 heteroatoms. The van der Waals surface area contributed by atoms with E-state index in [1.807, 2.05) is 0 Å². The molecule has 0 aliphatic carbocycles. The zero-order valence-electron chi connectivity index (χ0n) is 6.19. The van der Waals surface area contributed by atoms with E-state index in [0.717, 1.165) is 0 Å². The Hall–Kier alpha value is -1.65. The maximum absolute atomic E-state index is 10.3. The molecule has 0 aromatic heterocycles. The first-order valence-electron chi connectivity index (χ1n) is 2.81. The molecule has 0 fully saturated rings. The van der Waals surface area contributed by atoms with Crippen molar-refractivity contribution in [3.05, 3.63) is 0 Å². The summed E-state index contributed by atoms with van der Waals surface area (Å²) >= 11 is 0. The number of nitrogens with one attached hydrogen (secondary N) is 2. The maximum atomic E-state index is 10.3. The van der Waals surface area contributed by atoms with Gasteiger partial charge in [0, 0.05) is 0 Å². The van der Waals surface area contributed by atoms with Crippen molar-refractivity contribution in [3.8, 4) is 0 Å². The molecule has 1 unspecified atom stereocenters. The minimum atomic E-state index is -1.28. The summed E-state index contributed by atoms with van der Waals surface area (Å²) in [6.45, 7) is 0. The third kappa shape index (κ3) is 6.74. The third-order valence-corrected chi connectivity index (χ3v) is 1.81. The third-order valence-electron chi connectivity index (χ3n) is 0.937. The van der Waals surface area contributed by atoms with Crippen LogP contribution in [0.4, 0.5) is 0 Å².